The van der Waals surface area contributed by atoms with Crippen molar-refractivity contribution in [1.82, 2.24) is 25.5 Å². The van der Waals surface area contributed by atoms with Crippen molar-refractivity contribution in [3.63, 3.8) is 0 Å². The van der Waals surface area contributed by atoms with E-state index in [-0.39, 0.29) is 35.2 Å². The van der Waals surface area contributed by atoms with Crippen LogP contribution in [-0.4, -0.2) is 89.5 Å². The van der Waals surface area contributed by atoms with E-state index in [0.29, 0.717) is 73.6 Å². The standard InChI is InChI=1S/C30H38ClN5O5.C22H23ClN4O3/c1-30(2,3)41-29(39)32-16-7-17-36(4)21-13-10-19(11-14-21)27(37)35-25-22-8-5-6-9-23(22)40-26(25)28(38)34-24-15-12-20(31)18-33-24;1-24-15-9-6-13(7-10-15)21(28)27-19-16-4-2-3-5-17(16)30-20(19)22(29)26-18-11-8-14(23)12-25-18/h5-6,8-9,12,15,18-19,21H,7,10-11,13-14,16-17H2,1-4H3,(H,32,39)(H,35,37)(H,33,34,38);2-5,8,11-13,15,24H,6-7,9-10H2,1H3,(H,27,28)(H,25,26,29). The van der Waals surface area contributed by atoms with E-state index in [1.165, 1.54) is 12.4 Å². The number of carbonyl (C=O) groups is 5. The molecule has 2 saturated carbocycles. The molecule has 0 atom stereocenters. The largest absolute Gasteiger partial charge is 0.449 e. The summed E-state index contributed by atoms with van der Waals surface area (Å²) in [5, 5.41) is 19.7. The van der Waals surface area contributed by atoms with Crippen LogP contribution in [0.25, 0.3) is 21.9 Å². The highest BCUT2D eigenvalue weighted by atomic mass is 35.5. The van der Waals surface area contributed by atoms with Crippen LogP contribution in [-0.2, 0) is 14.3 Å². The molecule has 2 aliphatic rings. The predicted octanol–water partition coefficient (Wildman–Crippen LogP) is 10.5. The number of halogens is 2. The summed E-state index contributed by atoms with van der Waals surface area (Å²) in [6.45, 7) is 6.89. The fraction of sp³-hybridized carbons (Fsp3) is 0.404. The number of nitrogens with zero attached hydrogens (tertiary/aromatic N) is 3. The Labute approximate surface area is 422 Å². The second-order valence-corrected chi connectivity index (χ2v) is 19.7. The van der Waals surface area contributed by atoms with Gasteiger partial charge >= 0.3 is 6.09 Å². The van der Waals surface area contributed by atoms with Crippen molar-refractivity contribution in [1.29, 1.82) is 0 Å². The SMILES string of the molecule is CN(CCCNC(=O)OC(C)(C)C)C1CCC(C(=O)Nc2c(C(=O)Nc3ccc(Cl)cn3)oc3ccccc23)CC1.CNC1CCC(C(=O)Nc2c(C(=O)Nc3ccc(Cl)cn3)oc3ccccc23)CC1. The van der Waals surface area contributed by atoms with Crippen molar-refractivity contribution in [2.75, 3.05) is 48.5 Å². The molecule has 71 heavy (non-hydrogen) atoms. The van der Waals surface area contributed by atoms with Gasteiger partial charge in [-0.1, -0.05) is 47.5 Å². The molecule has 6 N–H and O–H groups in total. The Kier molecular flexibility index (Phi) is 17.7. The van der Waals surface area contributed by atoms with E-state index in [1.807, 2.05) is 64.2 Å². The number of benzene rings is 2. The smallest absolute Gasteiger partial charge is 0.407 e. The number of nitrogens with one attached hydrogen (secondary N) is 6. The zero-order chi connectivity index (χ0) is 50.7. The van der Waals surface area contributed by atoms with E-state index in [0.717, 1.165) is 64.3 Å². The van der Waals surface area contributed by atoms with Crippen LogP contribution in [0.5, 0.6) is 0 Å². The van der Waals surface area contributed by atoms with E-state index in [4.69, 9.17) is 36.8 Å². The second kappa shape index (κ2) is 24.1. The second-order valence-electron chi connectivity index (χ2n) is 18.8. The van der Waals surface area contributed by atoms with Crippen molar-refractivity contribution in [3.8, 4) is 0 Å². The molecule has 4 aromatic heterocycles. The Morgan fingerprint density at radius 1 is 0.662 bits per heavy atom. The number of rotatable bonds is 14. The van der Waals surface area contributed by atoms with Crippen LogP contribution in [0.2, 0.25) is 10.0 Å². The molecule has 2 aliphatic carbocycles. The molecule has 0 unspecified atom stereocenters. The van der Waals surface area contributed by atoms with Crippen molar-refractivity contribution in [3.05, 3.63) is 107 Å². The first-order valence-electron chi connectivity index (χ1n) is 23.9. The lowest BCUT2D eigenvalue weighted by Gasteiger charge is -2.34. The van der Waals surface area contributed by atoms with Gasteiger partial charge in [0.1, 0.15) is 39.8 Å². The van der Waals surface area contributed by atoms with Gasteiger partial charge in [-0.05, 0) is 148 Å². The molecule has 2 aromatic carbocycles. The number of aromatic nitrogens is 2. The number of ether oxygens (including phenoxy) is 1. The number of hydrogen-bond acceptors (Lipinski definition) is 12. The number of para-hydroxylation sites is 2. The Morgan fingerprint density at radius 3 is 1.56 bits per heavy atom. The van der Waals surface area contributed by atoms with Crippen molar-refractivity contribution in [2.24, 2.45) is 11.8 Å². The van der Waals surface area contributed by atoms with Gasteiger partial charge in [0.15, 0.2) is 0 Å². The molecular weight excluding hydrogens is 950 g/mol. The van der Waals surface area contributed by atoms with Crippen LogP contribution in [0.4, 0.5) is 27.8 Å². The van der Waals surface area contributed by atoms with E-state index >= 15 is 0 Å². The van der Waals surface area contributed by atoms with Gasteiger partial charge in [-0.15, -0.1) is 0 Å². The van der Waals surface area contributed by atoms with Gasteiger partial charge in [-0.2, -0.15) is 0 Å². The number of pyridine rings is 2. The summed E-state index contributed by atoms with van der Waals surface area (Å²) >= 11 is 11.7. The molecule has 4 heterocycles. The Morgan fingerprint density at radius 2 is 1.13 bits per heavy atom. The zero-order valence-corrected chi connectivity index (χ0v) is 42.0. The predicted molar refractivity (Wildman–Crippen MR) is 276 cm³/mol. The third-order valence-electron chi connectivity index (χ3n) is 12.6. The third-order valence-corrected chi connectivity index (χ3v) is 13.0. The monoisotopic (exact) mass is 1010 g/mol. The number of furan rings is 2. The van der Waals surface area contributed by atoms with Crippen LogP contribution < -0.4 is 31.9 Å². The minimum absolute atomic E-state index is 0.0183. The highest BCUT2D eigenvalue weighted by molar-refractivity contribution is 6.30. The van der Waals surface area contributed by atoms with Gasteiger partial charge in [-0.3, -0.25) is 19.2 Å². The van der Waals surface area contributed by atoms with Gasteiger partial charge in [0.05, 0.1) is 10.0 Å². The van der Waals surface area contributed by atoms with Crippen molar-refractivity contribution < 1.29 is 37.5 Å². The Balaban J connectivity index is 0.000000219. The molecule has 8 rings (SSSR count). The molecule has 0 saturated heterocycles. The topological polar surface area (TPSA) is 222 Å². The van der Waals surface area contributed by atoms with Crippen LogP contribution in [0, 0.1) is 11.8 Å². The molecule has 2 fully saturated rings. The molecule has 0 bridgehead atoms. The molecule has 19 heteroatoms. The van der Waals surface area contributed by atoms with Crippen molar-refractivity contribution >= 4 is 97.9 Å². The van der Waals surface area contributed by atoms with Gasteiger partial charge in [0.25, 0.3) is 11.8 Å². The number of carbonyl (C=O) groups excluding carboxylic acids is 5. The highest BCUT2D eigenvalue weighted by Gasteiger charge is 2.32. The maximum atomic E-state index is 13.4. The average Bonchev–Trinajstić information content (AvgIpc) is 3.92. The first-order chi connectivity index (χ1) is 34.0. The number of hydrogen-bond donors (Lipinski definition) is 6. The summed E-state index contributed by atoms with van der Waals surface area (Å²) < 4.78 is 16.9. The average molecular weight is 1010 g/mol. The van der Waals surface area contributed by atoms with Gasteiger partial charge < -0.3 is 50.4 Å². The van der Waals surface area contributed by atoms with Crippen LogP contribution in [0.15, 0.2) is 94.0 Å². The first kappa shape index (κ1) is 52.3. The Hall–Kier alpha value is -6.53. The van der Waals surface area contributed by atoms with E-state index in [1.54, 1.807) is 36.4 Å². The van der Waals surface area contributed by atoms with Crippen LogP contribution in [0.1, 0.15) is 99.7 Å². The molecule has 17 nitrogen and oxygen atoms in total. The van der Waals surface area contributed by atoms with Gasteiger partial charge in [-0.25, -0.2) is 14.8 Å². The van der Waals surface area contributed by atoms with Crippen LogP contribution >= 0.6 is 23.2 Å². The minimum atomic E-state index is -0.516. The molecule has 0 aliphatic heterocycles. The summed E-state index contributed by atoms with van der Waals surface area (Å²) in [5.74, 6) is -0.753. The van der Waals surface area contributed by atoms with Crippen molar-refractivity contribution in [2.45, 2.75) is 96.2 Å². The zero-order valence-electron chi connectivity index (χ0n) is 40.5. The van der Waals surface area contributed by atoms with E-state index in [2.05, 4.69) is 53.8 Å². The molecule has 376 valence electrons. The fourth-order valence-electron chi connectivity index (χ4n) is 8.79. The number of fused-ring (bicyclic) bond motifs is 2. The summed E-state index contributed by atoms with van der Waals surface area (Å²) in [4.78, 5) is 74.6. The van der Waals surface area contributed by atoms with Crippen LogP contribution in [0.3, 0.4) is 0 Å². The normalized spacial score (nSPS) is 18.0. The minimum Gasteiger partial charge on any atom is -0.449 e. The maximum absolute atomic E-state index is 13.4. The molecule has 0 spiro atoms. The molecule has 5 amide bonds. The number of amides is 5. The number of alkyl carbamates (subject to hydrolysis) is 1. The highest BCUT2D eigenvalue weighted by Crippen LogP contribution is 2.36. The van der Waals surface area contributed by atoms with E-state index in [9.17, 15) is 24.0 Å². The summed E-state index contributed by atoms with van der Waals surface area (Å²) in [6, 6.07) is 21.7. The lowest BCUT2D eigenvalue weighted by molar-refractivity contribution is -0.121. The lowest BCUT2D eigenvalue weighted by Crippen LogP contribution is -2.39. The van der Waals surface area contributed by atoms with E-state index < -0.39 is 23.5 Å². The number of anilines is 4. The maximum Gasteiger partial charge on any atom is 0.407 e. The molecule has 0 radical (unpaired) electrons. The Bertz CT molecular complexity index is 2790. The molecular formula is C52H61Cl2N9O8. The summed E-state index contributed by atoms with van der Waals surface area (Å²) in [7, 11) is 4.03. The van der Waals surface area contributed by atoms with Gasteiger partial charge in [0.2, 0.25) is 23.3 Å². The van der Waals surface area contributed by atoms with Gasteiger partial charge in [0, 0.05) is 53.6 Å². The summed E-state index contributed by atoms with van der Waals surface area (Å²) in [5.41, 5.74) is 1.26. The quantitative estimate of drug-likeness (QED) is 0.0561. The lowest BCUT2D eigenvalue weighted by atomic mass is 9.84. The first-order valence-corrected chi connectivity index (χ1v) is 24.7. The summed E-state index contributed by atoms with van der Waals surface area (Å²) in [6.07, 6.45) is 10.1. The third kappa shape index (κ3) is 14.3. The fourth-order valence-corrected chi connectivity index (χ4v) is 9.02. The molecule has 6 aromatic rings.